The number of ether oxygens (including phenoxy) is 4. The van der Waals surface area contributed by atoms with Crippen LogP contribution in [0.1, 0.15) is 168 Å². The minimum absolute atomic E-state index is 0.243. The minimum Gasteiger partial charge on any atom is -0.394 e. The Morgan fingerprint density at radius 2 is 1.07 bits per heavy atom. The zero-order valence-corrected chi connectivity index (χ0v) is 35.8. The van der Waals surface area contributed by atoms with Crippen molar-refractivity contribution in [2.45, 2.75) is 242 Å². The van der Waals surface area contributed by atoms with Crippen LogP contribution < -0.4 is 5.32 Å². The lowest BCUT2D eigenvalue weighted by atomic mass is 9.97. The highest BCUT2D eigenvalue weighted by atomic mass is 16.7. The van der Waals surface area contributed by atoms with Crippen molar-refractivity contribution < 1.29 is 64.6 Å². The molecule has 0 aromatic rings. The second-order valence-corrected chi connectivity index (χ2v) is 16.5. The Labute approximate surface area is 348 Å². The first kappa shape index (κ1) is 52.9. The number of nitrogens with one attached hydrogen (secondary N) is 1. The van der Waals surface area contributed by atoms with E-state index in [0.29, 0.717) is 6.42 Å². The molecule has 0 aliphatic carbocycles. The lowest BCUT2D eigenvalue weighted by Crippen LogP contribution is -2.65. The predicted molar refractivity (Wildman–Crippen MR) is 222 cm³/mol. The number of allylic oxidation sites excluding steroid dienone is 1. The molecule has 2 fully saturated rings. The standard InChI is InChI=1S/C44H83NO13/c1-3-5-7-9-11-13-15-16-17-18-19-21-23-25-27-33(48)32(45-36(49)28-26-24-22-20-14-12-10-8-6-4-2)31-55-43-41(54)39(52)42(35(30-47)57-43)58-44-40(53)38(51)37(50)34(29-46)56-44/h25,27,32-35,37-44,46-48,50-54H,3-24,26,28-31H2,1-2H3,(H,45,49)/b27-25+/t32-,33+,34+,35+,37-,38?,39?,40?,41?,42+,43+,44-/m0/s1. The average Bonchev–Trinajstić information content (AvgIpc) is 3.22. The second-order valence-electron chi connectivity index (χ2n) is 16.5. The Morgan fingerprint density at radius 3 is 1.59 bits per heavy atom. The molecule has 4 unspecified atom stereocenters. The second kappa shape index (κ2) is 32.4. The van der Waals surface area contributed by atoms with Crippen molar-refractivity contribution in [1.82, 2.24) is 5.32 Å². The number of aliphatic hydroxyl groups is 8. The molecule has 1 amide bonds. The molecular weight excluding hydrogens is 750 g/mol. The molecule has 0 aromatic heterocycles. The third-order valence-corrected chi connectivity index (χ3v) is 11.5. The van der Waals surface area contributed by atoms with E-state index in [2.05, 4.69) is 19.2 Å². The smallest absolute Gasteiger partial charge is 0.220 e. The SMILES string of the molecule is CCCCCCCCCCCCCC/C=C/[C@@H](O)[C@H](CO[C@@H]1O[C@H](CO)[C@@H](O[C@@H]2O[C@H](CO)[C@H](O)C(O)C2O)C(O)C1O)NC(=O)CCCCCCCCCCCC. The summed E-state index contributed by atoms with van der Waals surface area (Å²) >= 11 is 0. The monoisotopic (exact) mass is 834 g/mol. The van der Waals surface area contributed by atoms with Crippen molar-refractivity contribution in [3.8, 4) is 0 Å². The van der Waals surface area contributed by atoms with Crippen LogP contribution in [0.25, 0.3) is 0 Å². The Balaban J connectivity index is 1.91. The van der Waals surface area contributed by atoms with Crippen molar-refractivity contribution in [1.29, 1.82) is 0 Å². The van der Waals surface area contributed by atoms with E-state index in [1.807, 2.05) is 6.08 Å². The summed E-state index contributed by atoms with van der Waals surface area (Å²) in [6, 6.07) is -0.905. The van der Waals surface area contributed by atoms with Gasteiger partial charge >= 0.3 is 0 Å². The number of carbonyl (C=O) groups is 1. The van der Waals surface area contributed by atoms with E-state index >= 15 is 0 Å². The van der Waals surface area contributed by atoms with Crippen LogP contribution in [0.5, 0.6) is 0 Å². The van der Waals surface area contributed by atoms with Gasteiger partial charge < -0.3 is 65.1 Å². The fourth-order valence-corrected chi connectivity index (χ4v) is 7.64. The molecule has 0 saturated carbocycles. The molecule has 0 radical (unpaired) electrons. The number of aliphatic hydroxyl groups excluding tert-OH is 8. The number of hydrogen-bond acceptors (Lipinski definition) is 13. The van der Waals surface area contributed by atoms with E-state index in [1.165, 1.54) is 103 Å². The lowest BCUT2D eigenvalue weighted by molar-refractivity contribution is -0.359. The number of rotatable bonds is 34. The van der Waals surface area contributed by atoms with Crippen molar-refractivity contribution in [2.24, 2.45) is 0 Å². The summed E-state index contributed by atoms with van der Waals surface area (Å²) in [6.45, 7) is 2.74. The topological polar surface area (TPSA) is 228 Å². The lowest BCUT2D eigenvalue weighted by Gasteiger charge is -2.46. The van der Waals surface area contributed by atoms with Crippen LogP contribution in [-0.2, 0) is 23.7 Å². The molecule has 2 rings (SSSR count). The summed E-state index contributed by atoms with van der Waals surface area (Å²) in [5.41, 5.74) is 0. The number of carbonyl (C=O) groups excluding carboxylic acids is 1. The molecule has 9 N–H and O–H groups in total. The molecule has 12 atom stereocenters. The summed E-state index contributed by atoms with van der Waals surface area (Å²) < 4.78 is 22.6. The third kappa shape index (κ3) is 20.5. The maximum atomic E-state index is 13.1. The molecule has 14 nitrogen and oxygen atoms in total. The van der Waals surface area contributed by atoms with Gasteiger partial charge in [-0.05, 0) is 19.3 Å². The maximum absolute atomic E-state index is 13.1. The van der Waals surface area contributed by atoms with Crippen molar-refractivity contribution in [3.63, 3.8) is 0 Å². The number of unbranched alkanes of at least 4 members (excludes halogenated alkanes) is 21. The highest BCUT2D eigenvalue weighted by molar-refractivity contribution is 5.76. The van der Waals surface area contributed by atoms with Gasteiger partial charge in [0.25, 0.3) is 0 Å². The Bertz CT molecular complexity index is 1040. The summed E-state index contributed by atoms with van der Waals surface area (Å²) in [5.74, 6) is -0.243. The zero-order valence-electron chi connectivity index (χ0n) is 35.8. The highest BCUT2D eigenvalue weighted by Gasteiger charge is 2.50. The van der Waals surface area contributed by atoms with Gasteiger partial charge in [-0.3, -0.25) is 4.79 Å². The maximum Gasteiger partial charge on any atom is 0.220 e. The van der Waals surface area contributed by atoms with Gasteiger partial charge in [-0.25, -0.2) is 0 Å². The molecule has 58 heavy (non-hydrogen) atoms. The van der Waals surface area contributed by atoms with Crippen molar-refractivity contribution in [3.05, 3.63) is 12.2 Å². The van der Waals surface area contributed by atoms with Crippen LogP contribution in [-0.4, -0.2) is 140 Å². The summed E-state index contributed by atoms with van der Waals surface area (Å²) in [5, 5.41) is 86.4. The van der Waals surface area contributed by atoms with Crippen LogP contribution in [0.15, 0.2) is 12.2 Å². The summed E-state index contributed by atoms with van der Waals surface area (Å²) in [7, 11) is 0. The van der Waals surface area contributed by atoms with Gasteiger partial charge in [0.1, 0.15) is 48.8 Å². The van der Waals surface area contributed by atoms with E-state index in [0.717, 1.165) is 38.5 Å². The van der Waals surface area contributed by atoms with E-state index < -0.39 is 86.8 Å². The normalized spacial score (nSPS) is 28.9. The van der Waals surface area contributed by atoms with Crippen molar-refractivity contribution >= 4 is 5.91 Å². The van der Waals surface area contributed by atoms with Gasteiger partial charge in [0, 0.05) is 6.42 Å². The molecule has 342 valence electrons. The summed E-state index contributed by atoms with van der Waals surface area (Å²) in [4.78, 5) is 13.1. The molecule has 2 heterocycles. The van der Waals surface area contributed by atoms with Gasteiger partial charge in [-0.15, -0.1) is 0 Å². The average molecular weight is 834 g/mol. The van der Waals surface area contributed by atoms with E-state index in [-0.39, 0.29) is 18.9 Å². The minimum atomic E-state index is -1.78. The molecule has 0 bridgehead atoms. The number of amides is 1. The first-order valence-electron chi connectivity index (χ1n) is 22.9. The van der Waals surface area contributed by atoms with E-state index in [9.17, 15) is 45.6 Å². The molecule has 0 aromatic carbocycles. The van der Waals surface area contributed by atoms with Gasteiger partial charge in [0.05, 0.1) is 32.0 Å². The molecular formula is C44H83NO13. The molecule has 2 aliphatic rings. The third-order valence-electron chi connectivity index (χ3n) is 11.5. The first-order valence-corrected chi connectivity index (χ1v) is 22.9. The molecule has 0 spiro atoms. The van der Waals surface area contributed by atoms with Crippen LogP contribution >= 0.6 is 0 Å². The van der Waals surface area contributed by atoms with Crippen molar-refractivity contribution in [2.75, 3.05) is 19.8 Å². The highest BCUT2D eigenvalue weighted by Crippen LogP contribution is 2.30. The van der Waals surface area contributed by atoms with Crippen LogP contribution in [0.2, 0.25) is 0 Å². The first-order chi connectivity index (χ1) is 28.1. The zero-order chi connectivity index (χ0) is 42.5. The van der Waals surface area contributed by atoms with E-state index in [4.69, 9.17) is 18.9 Å². The van der Waals surface area contributed by atoms with Gasteiger partial charge in [-0.1, -0.05) is 154 Å². The van der Waals surface area contributed by atoms with Gasteiger partial charge in [-0.2, -0.15) is 0 Å². The molecule has 2 saturated heterocycles. The Hall–Kier alpha value is -1.27. The number of hydrogen-bond donors (Lipinski definition) is 9. The van der Waals surface area contributed by atoms with E-state index in [1.54, 1.807) is 6.08 Å². The largest absolute Gasteiger partial charge is 0.394 e. The fourth-order valence-electron chi connectivity index (χ4n) is 7.64. The van der Waals surface area contributed by atoms with Crippen LogP contribution in [0.4, 0.5) is 0 Å². The van der Waals surface area contributed by atoms with Gasteiger partial charge in [0.15, 0.2) is 12.6 Å². The predicted octanol–water partition coefficient (Wildman–Crippen LogP) is 4.43. The molecule has 2 aliphatic heterocycles. The fraction of sp³-hybridized carbons (Fsp3) is 0.932. The molecule has 14 heteroatoms. The Morgan fingerprint density at radius 1 is 0.603 bits per heavy atom. The quantitative estimate of drug-likeness (QED) is 0.0324. The Kier molecular flexibility index (Phi) is 29.6. The summed E-state index contributed by atoms with van der Waals surface area (Å²) in [6.07, 6.45) is 14.0. The van der Waals surface area contributed by atoms with Gasteiger partial charge in [0.2, 0.25) is 5.91 Å². The van der Waals surface area contributed by atoms with Crippen LogP contribution in [0.3, 0.4) is 0 Å². The van der Waals surface area contributed by atoms with Crippen LogP contribution in [0, 0.1) is 0 Å².